The molecule has 0 aliphatic heterocycles. The third-order valence-corrected chi connectivity index (χ3v) is 4.30. The van der Waals surface area contributed by atoms with Crippen LogP contribution in [0.1, 0.15) is 0 Å². The quantitative estimate of drug-likeness (QED) is 0.271. The summed E-state index contributed by atoms with van der Waals surface area (Å²) in [5.41, 5.74) is 0. The standard InChI is InChI=1S/C26H22O5.Ti/c27-25(28-21-13-5-1-6-14-21)26(29-22-15-7-2-8-16-22,30-23-17-9-3-10-18-23)31-24-19-11-4-12-20-24;/h1-20,25,27H;. The molecule has 32 heavy (non-hydrogen) atoms. The third-order valence-electron chi connectivity index (χ3n) is 4.30. The molecule has 4 aromatic rings. The van der Waals surface area contributed by atoms with E-state index in [1.807, 2.05) is 60.7 Å². The Hall–Kier alpha value is -3.25. The maximum absolute atomic E-state index is 11.2. The Kier molecular flexibility index (Phi) is 8.34. The molecule has 0 aliphatic carbocycles. The Morgan fingerprint density at radius 2 is 0.750 bits per heavy atom. The van der Waals surface area contributed by atoms with E-state index >= 15 is 0 Å². The fraction of sp³-hybridized carbons (Fsp3) is 0.0769. The van der Waals surface area contributed by atoms with Gasteiger partial charge in [-0.2, -0.15) is 0 Å². The smallest absolute Gasteiger partial charge is 0.453 e. The summed E-state index contributed by atoms with van der Waals surface area (Å²) in [5, 5.41) is 11.2. The molecular formula is C26H22O5Ti. The molecule has 0 bridgehead atoms. The van der Waals surface area contributed by atoms with Crippen LogP contribution in [0.3, 0.4) is 0 Å². The van der Waals surface area contributed by atoms with Gasteiger partial charge in [0.1, 0.15) is 23.0 Å². The van der Waals surface area contributed by atoms with E-state index in [4.69, 9.17) is 18.9 Å². The molecule has 0 aromatic heterocycles. The molecule has 0 heterocycles. The second-order valence-electron chi connectivity index (χ2n) is 6.63. The molecule has 5 nitrogen and oxygen atoms in total. The van der Waals surface area contributed by atoms with Crippen molar-refractivity contribution in [3.05, 3.63) is 121 Å². The number of aliphatic hydroxyl groups excluding tert-OH is 1. The zero-order valence-corrected chi connectivity index (χ0v) is 18.8. The van der Waals surface area contributed by atoms with E-state index in [0.717, 1.165) is 0 Å². The normalized spacial score (nSPS) is 11.5. The Balaban J connectivity index is 0.00000289. The van der Waals surface area contributed by atoms with E-state index in [1.54, 1.807) is 60.7 Å². The van der Waals surface area contributed by atoms with Crippen LogP contribution in [0.4, 0.5) is 0 Å². The maximum atomic E-state index is 11.2. The first-order valence-electron chi connectivity index (χ1n) is 9.85. The minimum absolute atomic E-state index is 0. The van der Waals surface area contributed by atoms with Gasteiger partial charge < -0.3 is 24.1 Å². The summed E-state index contributed by atoms with van der Waals surface area (Å²) in [7, 11) is 0. The number of hydrogen-bond acceptors (Lipinski definition) is 5. The van der Waals surface area contributed by atoms with Crippen molar-refractivity contribution in [3.8, 4) is 23.0 Å². The Bertz CT molecular complexity index is 945. The number of benzene rings is 4. The van der Waals surface area contributed by atoms with Crippen LogP contribution in [0.15, 0.2) is 121 Å². The molecule has 0 radical (unpaired) electrons. The molecule has 160 valence electrons. The van der Waals surface area contributed by atoms with E-state index < -0.39 is 12.3 Å². The van der Waals surface area contributed by atoms with E-state index in [9.17, 15) is 5.11 Å². The van der Waals surface area contributed by atoms with Crippen LogP contribution in [-0.2, 0) is 21.7 Å². The van der Waals surface area contributed by atoms with Crippen LogP contribution in [-0.4, -0.2) is 17.4 Å². The van der Waals surface area contributed by atoms with E-state index in [0.29, 0.717) is 23.0 Å². The second kappa shape index (κ2) is 11.4. The van der Waals surface area contributed by atoms with Crippen LogP contribution in [0.2, 0.25) is 0 Å². The monoisotopic (exact) mass is 462 g/mol. The summed E-state index contributed by atoms with van der Waals surface area (Å²) >= 11 is 0. The van der Waals surface area contributed by atoms with Crippen molar-refractivity contribution in [1.29, 1.82) is 0 Å². The molecule has 4 rings (SSSR count). The maximum Gasteiger partial charge on any atom is 0.484 e. The van der Waals surface area contributed by atoms with Gasteiger partial charge in [-0.05, 0) is 48.5 Å². The number of ether oxygens (including phenoxy) is 4. The molecule has 0 amide bonds. The van der Waals surface area contributed by atoms with E-state index in [2.05, 4.69) is 0 Å². The molecule has 0 saturated heterocycles. The fourth-order valence-electron chi connectivity index (χ4n) is 2.87. The minimum atomic E-state index is -2.04. The number of aliphatic hydroxyl groups is 1. The Labute approximate surface area is 202 Å². The van der Waals surface area contributed by atoms with Gasteiger partial charge in [0.25, 0.3) is 0 Å². The van der Waals surface area contributed by atoms with Crippen molar-refractivity contribution in [2.24, 2.45) is 0 Å². The van der Waals surface area contributed by atoms with Crippen LogP contribution in [0.25, 0.3) is 0 Å². The van der Waals surface area contributed by atoms with Gasteiger partial charge in [-0.3, -0.25) is 0 Å². The molecule has 0 spiro atoms. The predicted molar refractivity (Wildman–Crippen MR) is 117 cm³/mol. The Morgan fingerprint density at radius 3 is 1.06 bits per heavy atom. The van der Waals surface area contributed by atoms with Gasteiger partial charge in [0.15, 0.2) is 0 Å². The van der Waals surface area contributed by atoms with Gasteiger partial charge >= 0.3 is 12.3 Å². The molecule has 1 unspecified atom stereocenters. The number of rotatable bonds is 9. The van der Waals surface area contributed by atoms with Crippen molar-refractivity contribution < 1.29 is 45.8 Å². The van der Waals surface area contributed by atoms with E-state index in [-0.39, 0.29) is 21.7 Å². The molecule has 4 aromatic carbocycles. The predicted octanol–water partition coefficient (Wildman–Crippen LogP) is 5.27. The Morgan fingerprint density at radius 1 is 0.469 bits per heavy atom. The molecular weight excluding hydrogens is 440 g/mol. The molecule has 6 heteroatoms. The number of hydrogen-bond donors (Lipinski definition) is 1. The summed E-state index contributed by atoms with van der Waals surface area (Å²) in [6.45, 7) is 0. The van der Waals surface area contributed by atoms with Gasteiger partial charge in [-0.1, -0.05) is 72.8 Å². The van der Waals surface area contributed by atoms with Gasteiger partial charge in [0.05, 0.1) is 0 Å². The summed E-state index contributed by atoms with van der Waals surface area (Å²) in [5.74, 6) is -0.301. The van der Waals surface area contributed by atoms with Crippen molar-refractivity contribution in [2.45, 2.75) is 12.3 Å². The average molecular weight is 462 g/mol. The summed E-state index contributed by atoms with van der Waals surface area (Å²) < 4.78 is 24.2. The van der Waals surface area contributed by atoms with Crippen LogP contribution in [0, 0.1) is 0 Å². The van der Waals surface area contributed by atoms with Gasteiger partial charge in [-0.15, -0.1) is 0 Å². The van der Waals surface area contributed by atoms with E-state index in [1.165, 1.54) is 0 Å². The third kappa shape index (κ3) is 6.14. The second-order valence-corrected chi connectivity index (χ2v) is 6.63. The SMILES string of the molecule is OC(Oc1ccccc1)C(Oc1ccccc1)(Oc1ccccc1)Oc1ccccc1.[Ti]. The molecule has 0 fully saturated rings. The minimum Gasteiger partial charge on any atom is -0.453 e. The van der Waals surface area contributed by atoms with Gasteiger partial charge in [-0.25, -0.2) is 0 Å². The molecule has 0 saturated carbocycles. The summed E-state index contributed by atoms with van der Waals surface area (Å²) in [6, 6.07) is 35.8. The zero-order valence-electron chi connectivity index (χ0n) is 17.2. The van der Waals surface area contributed by atoms with Crippen molar-refractivity contribution in [2.75, 3.05) is 0 Å². The van der Waals surface area contributed by atoms with Gasteiger partial charge in [0.2, 0.25) is 0 Å². The van der Waals surface area contributed by atoms with Crippen molar-refractivity contribution in [3.63, 3.8) is 0 Å². The van der Waals surface area contributed by atoms with Crippen LogP contribution in [0.5, 0.6) is 23.0 Å². The average Bonchev–Trinajstić information content (AvgIpc) is 2.81. The van der Waals surface area contributed by atoms with Crippen LogP contribution < -0.4 is 18.9 Å². The van der Waals surface area contributed by atoms with Gasteiger partial charge in [0, 0.05) is 21.7 Å². The summed E-state index contributed by atoms with van der Waals surface area (Å²) in [6.07, 6.45) is -1.64. The summed E-state index contributed by atoms with van der Waals surface area (Å²) in [4.78, 5) is 0. The molecule has 0 aliphatic rings. The van der Waals surface area contributed by atoms with Crippen molar-refractivity contribution in [1.82, 2.24) is 0 Å². The first-order chi connectivity index (χ1) is 15.2. The topological polar surface area (TPSA) is 57.2 Å². The molecule has 1 N–H and O–H groups in total. The van der Waals surface area contributed by atoms with Crippen LogP contribution >= 0.6 is 0 Å². The zero-order chi connectivity index (χ0) is 21.4. The van der Waals surface area contributed by atoms with Crippen molar-refractivity contribution >= 4 is 0 Å². The molecule has 1 atom stereocenters. The first-order valence-corrected chi connectivity index (χ1v) is 9.85. The number of para-hydroxylation sites is 4. The largest absolute Gasteiger partial charge is 0.484 e. The fourth-order valence-corrected chi connectivity index (χ4v) is 2.87. The first kappa shape index (κ1) is 23.4.